The number of hydrogen-bond acceptors (Lipinski definition) is 6. The third-order valence-electron chi connectivity index (χ3n) is 6.89. The van der Waals surface area contributed by atoms with Gasteiger partial charge in [0.05, 0.1) is 18.6 Å². The Kier molecular flexibility index (Phi) is 9.36. The standard InChI is InChI=1S/C29H38N2O5/c1-34-14-4-5-22-15-23(19-31(26-11-12-26)28(32)25-6-3-13-30-18-25)17-27(16-22)36-20-21-7-9-24(10-8-21)29(33)35-2/h7-10,15-17,25-26,30H,3-6,11-14,18-20H2,1-2H3/t25-/m1/s1. The second kappa shape index (κ2) is 12.9. The van der Waals surface area contributed by atoms with Crippen LogP contribution in [0.1, 0.15) is 59.2 Å². The highest BCUT2D eigenvalue weighted by Crippen LogP contribution is 2.32. The van der Waals surface area contributed by atoms with Gasteiger partial charge in [0.25, 0.3) is 0 Å². The molecule has 1 saturated heterocycles. The summed E-state index contributed by atoms with van der Waals surface area (Å²) < 4.78 is 16.2. The van der Waals surface area contributed by atoms with Gasteiger partial charge in [-0.15, -0.1) is 0 Å². The Bertz CT molecular complexity index is 1010. The summed E-state index contributed by atoms with van der Waals surface area (Å²) in [4.78, 5) is 27.2. The van der Waals surface area contributed by atoms with E-state index in [0.29, 0.717) is 31.4 Å². The van der Waals surface area contributed by atoms with Gasteiger partial charge in [-0.1, -0.05) is 18.2 Å². The van der Waals surface area contributed by atoms with Gasteiger partial charge in [-0.3, -0.25) is 4.79 Å². The van der Waals surface area contributed by atoms with Gasteiger partial charge in [0, 0.05) is 32.8 Å². The van der Waals surface area contributed by atoms with E-state index >= 15 is 0 Å². The van der Waals surface area contributed by atoms with Crippen molar-refractivity contribution in [3.63, 3.8) is 0 Å². The smallest absolute Gasteiger partial charge is 0.337 e. The van der Waals surface area contributed by atoms with Crippen molar-refractivity contribution in [1.82, 2.24) is 10.2 Å². The van der Waals surface area contributed by atoms with E-state index in [-0.39, 0.29) is 17.8 Å². The minimum atomic E-state index is -0.352. The lowest BCUT2D eigenvalue weighted by molar-refractivity contribution is -0.137. The lowest BCUT2D eigenvalue weighted by atomic mass is 9.97. The molecule has 0 bridgehead atoms. The zero-order valence-electron chi connectivity index (χ0n) is 21.5. The van der Waals surface area contributed by atoms with Gasteiger partial charge in [-0.2, -0.15) is 0 Å². The van der Waals surface area contributed by atoms with Crippen molar-refractivity contribution in [2.24, 2.45) is 5.92 Å². The number of methoxy groups -OCH3 is 2. The fourth-order valence-electron chi connectivity index (χ4n) is 4.76. The number of piperidine rings is 1. The van der Waals surface area contributed by atoms with E-state index in [4.69, 9.17) is 14.2 Å². The van der Waals surface area contributed by atoms with Crippen LogP contribution in [0.25, 0.3) is 0 Å². The molecule has 1 aliphatic carbocycles. The molecule has 2 aromatic rings. The zero-order valence-corrected chi connectivity index (χ0v) is 21.5. The van der Waals surface area contributed by atoms with Gasteiger partial charge in [0.1, 0.15) is 12.4 Å². The van der Waals surface area contributed by atoms with Crippen LogP contribution in [0.15, 0.2) is 42.5 Å². The van der Waals surface area contributed by atoms with Crippen molar-refractivity contribution in [1.29, 1.82) is 0 Å². The fourth-order valence-corrected chi connectivity index (χ4v) is 4.76. The summed E-state index contributed by atoms with van der Waals surface area (Å²) in [5.41, 5.74) is 3.77. The third kappa shape index (κ3) is 7.31. The summed E-state index contributed by atoms with van der Waals surface area (Å²) in [6, 6.07) is 13.9. The van der Waals surface area contributed by atoms with E-state index in [9.17, 15) is 9.59 Å². The van der Waals surface area contributed by atoms with E-state index in [0.717, 1.165) is 68.5 Å². The van der Waals surface area contributed by atoms with Crippen LogP contribution in [0.3, 0.4) is 0 Å². The monoisotopic (exact) mass is 494 g/mol. The van der Waals surface area contributed by atoms with E-state index in [2.05, 4.69) is 28.4 Å². The maximum absolute atomic E-state index is 13.4. The molecule has 1 amide bonds. The van der Waals surface area contributed by atoms with Crippen LogP contribution in [0.4, 0.5) is 0 Å². The molecule has 7 nitrogen and oxygen atoms in total. The molecule has 194 valence electrons. The zero-order chi connectivity index (χ0) is 25.3. The molecule has 2 aromatic carbocycles. The number of esters is 1. The summed E-state index contributed by atoms with van der Waals surface area (Å²) in [5, 5.41) is 3.38. The Morgan fingerprint density at radius 3 is 2.44 bits per heavy atom. The van der Waals surface area contributed by atoms with Gasteiger partial charge < -0.3 is 24.4 Å². The number of hydrogen-bond donors (Lipinski definition) is 1. The predicted molar refractivity (Wildman–Crippen MR) is 138 cm³/mol. The molecule has 0 spiro atoms. The molecule has 0 radical (unpaired) electrons. The third-order valence-corrected chi connectivity index (χ3v) is 6.89. The Morgan fingerprint density at radius 1 is 1.00 bits per heavy atom. The molecule has 1 saturated carbocycles. The van der Waals surface area contributed by atoms with Crippen LogP contribution in [-0.4, -0.2) is 56.7 Å². The molecule has 4 rings (SSSR count). The highest BCUT2D eigenvalue weighted by molar-refractivity contribution is 5.89. The Hall–Kier alpha value is -2.90. The van der Waals surface area contributed by atoms with Crippen LogP contribution >= 0.6 is 0 Å². The number of carbonyl (C=O) groups is 2. The van der Waals surface area contributed by atoms with Crippen molar-refractivity contribution < 1.29 is 23.8 Å². The lowest BCUT2D eigenvalue weighted by Gasteiger charge is -2.30. The topological polar surface area (TPSA) is 77.1 Å². The Balaban J connectivity index is 1.47. The molecule has 1 aliphatic heterocycles. The van der Waals surface area contributed by atoms with Crippen LogP contribution in [0.2, 0.25) is 0 Å². The van der Waals surface area contributed by atoms with Crippen LogP contribution < -0.4 is 10.1 Å². The number of aryl methyl sites for hydroxylation is 1. The SMILES string of the molecule is COCCCc1cc(CN(C(=O)[C@@H]2CCCNC2)C2CC2)cc(OCc2ccc(C(=O)OC)cc2)c1. The molecule has 1 atom stereocenters. The molecular formula is C29H38N2O5. The first kappa shape index (κ1) is 26.2. The van der Waals surface area contributed by atoms with Gasteiger partial charge in [0.15, 0.2) is 0 Å². The first-order valence-corrected chi connectivity index (χ1v) is 13.0. The molecule has 2 fully saturated rings. The fraction of sp³-hybridized carbons (Fsp3) is 0.517. The number of nitrogens with zero attached hydrogens (tertiary/aromatic N) is 1. The van der Waals surface area contributed by atoms with Crippen molar-refractivity contribution >= 4 is 11.9 Å². The van der Waals surface area contributed by atoms with Crippen molar-refractivity contribution in [3.05, 3.63) is 64.7 Å². The summed E-state index contributed by atoms with van der Waals surface area (Å²) in [5.74, 6) is 0.796. The Labute approximate surface area is 214 Å². The minimum Gasteiger partial charge on any atom is -0.489 e. The van der Waals surface area contributed by atoms with Crippen LogP contribution in [-0.2, 0) is 33.8 Å². The second-order valence-electron chi connectivity index (χ2n) is 9.80. The molecule has 1 heterocycles. The van der Waals surface area contributed by atoms with Crippen molar-refractivity contribution in [2.45, 2.75) is 57.7 Å². The number of benzene rings is 2. The first-order chi connectivity index (χ1) is 17.6. The Morgan fingerprint density at radius 2 is 1.78 bits per heavy atom. The largest absolute Gasteiger partial charge is 0.489 e. The quantitative estimate of drug-likeness (QED) is 0.353. The average molecular weight is 495 g/mol. The maximum atomic E-state index is 13.4. The van der Waals surface area contributed by atoms with Crippen molar-refractivity contribution in [3.8, 4) is 5.75 Å². The van der Waals surface area contributed by atoms with Gasteiger partial charge in [-0.05, 0) is 86.0 Å². The molecular weight excluding hydrogens is 456 g/mol. The van der Waals surface area contributed by atoms with Crippen LogP contribution in [0, 0.1) is 5.92 Å². The van der Waals surface area contributed by atoms with Gasteiger partial charge >= 0.3 is 5.97 Å². The highest BCUT2D eigenvalue weighted by Gasteiger charge is 2.36. The summed E-state index contributed by atoms with van der Waals surface area (Å²) in [6.07, 6.45) is 6.01. The molecule has 2 aliphatic rings. The van der Waals surface area contributed by atoms with E-state index < -0.39 is 0 Å². The first-order valence-electron chi connectivity index (χ1n) is 13.0. The molecule has 36 heavy (non-hydrogen) atoms. The predicted octanol–water partition coefficient (Wildman–Crippen LogP) is 4.12. The van der Waals surface area contributed by atoms with Gasteiger partial charge in [-0.25, -0.2) is 4.79 Å². The van der Waals surface area contributed by atoms with Gasteiger partial charge in [0.2, 0.25) is 5.91 Å². The molecule has 0 unspecified atom stereocenters. The van der Waals surface area contributed by atoms with E-state index in [1.165, 1.54) is 12.7 Å². The van der Waals surface area contributed by atoms with E-state index in [1.54, 1.807) is 19.2 Å². The summed E-state index contributed by atoms with van der Waals surface area (Å²) >= 11 is 0. The maximum Gasteiger partial charge on any atom is 0.337 e. The number of carbonyl (C=O) groups excluding carboxylic acids is 2. The highest BCUT2D eigenvalue weighted by atomic mass is 16.5. The van der Waals surface area contributed by atoms with Crippen LogP contribution in [0.5, 0.6) is 5.75 Å². The number of nitrogens with one attached hydrogen (secondary N) is 1. The number of amides is 1. The van der Waals surface area contributed by atoms with Crippen molar-refractivity contribution in [2.75, 3.05) is 33.9 Å². The molecule has 1 N–H and O–H groups in total. The number of rotatable bonds is 12. The summed E-state index contributed by atoms with van der Waals surface area (Å²) in [7, 11) is 3.09. The lowest BCUT2D eigenvalue weighted by Crippen LogP contribution is -2.43. The summed E-state index contributed by atoms with van der Waals surface area (Å²) in [6.45, 7) is 3.49. The minimum absolute atomic E-state index is 0.0768. The molecule has 7 heteroatoms. The second-order valence-corrected chi connectivity index (χ2v) is 9.80. The number of ether oxygens (including phenoxy) is 3. The molecule has 0 aromatic heterocycles. The average Bonchev–Trinajstić information content (AvgIpc) is 3.76. The van der Waals surface area contributed by atoms with E-state index in [1.807, 2.05) is 12.1 Å². The normalized spacial score (nSPS) is 17.4.